The fraction of sp³-hybridized carbons (Fsp3) is 0. The third-order valence-corrected chi connectivity index (χ3v) is 6.93. The SMILES string of the molecule is Clc1c[c-]ccc1.O=[N+]([O-])c1ccc(S(=O)(=O)[N-]c2cccc3ccc4cccnc4c23)cc1.[Pd+2].c1ccncc1. The number of nitrogens with zero attached hydrogens (tertiary/aromatic N) is 4. The molecule has 6 rings (SSSR count). The van der Waals surface area contributed by atoms with Crippen molar-refractivity contribution in [3.8, 4) is 0 Å². The molecule has 0 amide bonds. The van der Waals surface area contributed by atoms with Crippen LogP contribution in [0, 0.1) is 16.2 Å². The second-order valence-corrected chi connectivity index (χ2v) is 10.1. The summed E-state index contributed by atoms with van der Waals surface area (Å²) in [7, 11) is -4.04. The number of non-ortho nitro benzene ring substituents is 1. The third kappa shape index (κ3) is 8.64. The molecule has 0 radical (unpaired) electrons. The van der Waals surface area contributed by atoms with E-state index in [1.165, 1.54) is 12.1 Å². The van der Waals surface area contributed by atoms with Gasteiger partial charge >= 0.3 is 20.4 Å². The van der Waals surface area contributed by atoms with Gasteiger partial charge in [-0.05, 0) is 41.1 Å². The van der Waals surface area contributed by atoms with Crippen molar-refractivity contribution in [2.24, 2.45) is 0 Å². The van der Waals surface area contributed by atoms with Crippen LogP contribution in [0.5, 0.6) is 0 Å². The van der Waals surface area contributed by atoms with Crippen molar-refractivity contribution in [2.75, 3.05) is 0 Å². The average molecular weight is 675 g/mol. The number of pyridine rings is 2. The van der Waals surface area contributed by atoms with Gasteiger partial charge in [0.15, 0.2) is 0 Å². The summed E-state index contributed by atoms with van der Waals surface area (Å²) in [5.41, 5.74) is 0.748. The molecule has 0 saturated carbocycles. The maximum Gasteiger partial charge on any atom is 2.00 e. The molecule has 0 aliphatic rings. The summed E-state index contributed by atoms with van der Waals surface area (Å²) in [6.07, 6.45) is 5.14. The molecule has 2 heterocycles. The van der Waals surface area contributed by atoms with Crippen LogP contribution in [0.3, 0.4) is 0 Å². The number of benzene rings is 4. The van der Waals surface area contributed by atoms with Crippen molar-refractivity contribution < 1.29 is 33.8 Å². The molecule has 0 aliphatic heterocycles. The maximum atomic E-state index is 12.7. The number of sulfonamides is 1. The summed E-state index contributed by atoms with van der Waals surface area (Å²) >= 11 is 5.51. The van der Waals surface area contributed by atoms with E-state index >= 15 is 0 Å². The van der Waals surface area contributed by atoms with Gasteiger partial charge in [0.2, 0.25) is 0 Å². The summed E-state index contributed by atoms with van der Waals surface area (Å²) in [6.45, 7) is 0. The molecule has 6 aromatic rings. The summed E-state index contributed by atoms with van der Waals surface area (Å²) < 4.78 is 29.4. The fourth-order valence-corrected chi connectivity index (χ4v) is 4.71. The minimum Gasteiger partial charge on any atom is -0.572 e. The zero-order chi connectivity index (χ0) is 28.4. The Bertz CT molecular complexity index is 1800. The predicted octanol–water partition coefficient (Wildman–Crippen LogP) is 7.91. The van der Waals surface area contributed by atoms with Gasteiger partial charge in [-0.15, -0.1) is 5.69 Å². The van der Waals surface area contributed by atoms with Crippen molar-refractivity contribution >= 4 is 54.7 Å². The second-order valence-electron chi connectivity index (χ2n) is 8.08. The van der Waals surface area contributed by atoms with E-state index in [9.17, 15) is 18.5 Å². The predicted molar refractivity (Wildman–Crippen MR) is 157 cm³/mol. The first-order chi connectivity index (χ1) is 19.3. The van der Waals surface area contributed by atoms with Crippen LogP contribution >= 0.6 is 11.6 Å². The summed E-state index contributed by atoms with van der Waals surface area (Å²) in [4.78, 5) is 18.2. The van der Waals surface area contributed by atoms with Gasteiger partial charge in [0, 0.05) is 36.1 Å². The van der Waals surface area contributed by atoms with Crippen LogP contribution in [-0.4, -0.2) is 23.3 Å². The standard InChI is InChI=1S/C19H12N3O4S.C6H4Cl.C5H5N.Pd/c23-22(24)15-8-10-16(11-9-15)27(25,26)21-17-5-1-3-13-6-7-14-4-2-12-20-19(14)18(13)17;7-6-4-2-1-3-5-6;1-2-4-6-5-3-1;/h1-12H;1-2,4-5H;1-5H;/q2*-1;;+2. The number of nitro benzene ring substituents is 1. The van der Waals surface area contributed by atoms with Crippen LogP contribution in [-0.2, 0) is 30.4 Å². The normalized spacial score (nSPS) is 10.3. The Labute approximate surface area is 255 Å². The Morgan fingerprint density at radius 3 is 2.07 bits per heavy atom. The monoisotopic (exact) mass is 674 g/mol. The second kappa shape index (κ2) is 15.0. The number of rotatable bonds is 4. The van der Waals surface area contributed by atoms with Crippen molar-refractivity contribution in [3.05, 3.63) is 154 Å². The number of fused-ring (bicyclic) bond motifs is 3. The molecule has 0 aliphatic carbocycles. The molecule has 208 valence electrons. The van der Waals surface area contributed by atoms with Crippen molar-refractivity contribution in [1.82, 2.24) is 9.97 Å². The fourth-order valence-electron chi connectivity index (χ4n) is 3.58. The minimum absolute atomic E-state index is 0. The zero-order valence-corrected chi connectivity index (χ0v) is 24.3. The van der Waals surface area contributed by atoms with E-state index in [0.717, 1.165) is 27.9 Å². The largest absolute Gasteiger partial charge is 2.00 e. The van der Waals surface area contributed by atoms with E-state index < -0.39 is 14.9 Å². The summed E-state index contributed by atoms with van der Waals surface area (Å²) in [5, 5.41) is 13.8. The molecule has 2 aromatic heterocycles. The molecule has 0 atom stereocenters. The molecule has 8 nitrogen and oxygen atoms in total. The Hall–Kier alpha value is -4.20. The Kier molecular flexibility index (Phi) is 11.4. The van der Waals surface area contributed by atoms with E-state index in [4.69, 9.17) is 11.6 Å². The van der Waals surface area contributed by atoms with E-state index in [1.807, 2.05) is 66.7 Å². The summed E-state index contributed by atoms with van der Waals surface area (Å²) in [6, 6.07) is 33.1. The van der Waals surface area contributed by atoms with Crippen LogP contribution in [0.4, 0.5) is 11.4 Å². The maximum absolute atomic E-state index is 12.7. The van der Waals surface area contributed by atoms with Gasteiger partial charge in [-0.1, -0.05) is 47.5 Å². The molecular weight excluding hydrogens is 654 g/mol. The number of hydrogen-bond acceptors (Lipinski definition) is 6. The van der Waals surface area contributed by atoms with Crippen LogP contribution < -0.4 is 0 Å². The first kappa shape index (κ1) is 31.3. The van der Waals surface area contributed by atoms with Gasteiger partial charge in [-0.25, -0.2) is 8.42 Å². The number of hydrogen-bond donors (Lipinski definition) is 0. The van der Waals surface area contributed by atoms with Gasteiger partial charge in [0.05, 0.1) is 15.3 Å². The number of aromatic nitrogens is 2. The van der Waals surface area contributed by atoms with E-state index in [2.05, 4.69) is 20.8 Å². The van der Waals surface area contributed by atoms with Gasteiger partial charge in [0.1, 0.15) is 10.0 Å². The van der Waals surface area contributed by atoms with E-state index in [-0.39, 0.29) is 36.7 Å². The third-order valence-electron chi connectivity index (χ3n) is 5.39. The molecule has 0 bridgehead atoms. The van der Waals surface area contributed by atoms with Crippen molar-refractivity contribution in [1.29, 1.82) is 0 Å². The Morgan fingerprint density at radius 2 is 1.51 bits per heavy atom. The van der Waals surface area contributed by atoms with Gasteiger partial charge < -0.3 is 4.72 Å². The van der Waals surface area contributed by atoms with E-state index in [1.54, 1.807) is 36.8 Å². The van der Waals surface area contributed by atoms with Crippen LogP contribution in [0.25, 0.3) is 26.4 Å². The average Bonchev–Trinajstić information content (AvgIpc) is 2.99. The quantitative estimate of drug-likeness (QED) is 0.0617. The molecule has 4 aromatic carbocycles. The summed E-state index contributed by atoms with van der Waals surface area (Å²) in [5.74, 6) is 0. The van der Waals surface area contributed by atoms with E-state index in [0.29, 0.717) is 10.9 Å². The molecule has 0 saturated heterocycles. The van der Waals surface area contributed by atoms with Crippen LogP contribution in [0.1, 0.15) is 0 Å². The first-order valence-electron chi connectivity index (χ1n) is 11.8. The molecule has 0 fully saturated rings. The van der Waals surface area contributed by atoms with Crippen LogP contribution in [0.2, 0.25) is 5.02 Å². The number of nitro groups is 1. The molecule has 0 spiro atoms. The Morgan fingerprint density at radius 1 is 0.805 bits per heavy atom. The minimum atomic E-state index is -4.04. The molecule has 11 heteroatoms. The smallest absolute Gasteiger partial charge is 0.572 e. The molecular formula is C30H21ClN4O4PdS. The zero-order valence-electron chi connectivity index (χ0n) is 21.1. The van der Waals surface area contributed by atoms with Crippen molar-refractivity contribution in [2.45, 2.75) is 4.90 Å². The van der Waals surface area contributed by atoms with Gasteiger partial charge in [-0.3, -0.25) is 20.1 Å². The molecule has 41 heavy (non-hydrogen) atoms. The first-order valence-corrected chi connectivity index (χ1v) is 13.6. The Balaban J connectivity index is 0.000000271. The number of halogens is 1. The van der Waals surface area contributed by atoms with Gasteiger partial charge in [-0.2, -0.15) is 41.9 Å². The topological polar surface area (TPSA) is 117 Å². The molecule has 0 unspecified atom stereocenters. The van der Waals surface area contributed by atoms with Crippen molar-refractivity contribution in [3.63, 3.8) is 0 Å². The van der Waals surface area contributed by atoms with Crippen LogP contribution in [0.15, 0.2) is 133 Å². The van der Waals surface area contributed by atoms with Gasteiger partial charge in [0.25, 0.3) is 5.69 Å². The molecule has 0 N–H and O–H groups in total.